The van der Waals surface area contributed by atoms with Crippen LogP contribution in [-0.4, -0.2) is 31.5 Å². The third-order valence-electron chi connectivity index (χ3n) is 3.55. The summed E-state index contributed by atoms with van der Waals surface area (Å²) in [6.07, 6.45) is 1.11. The third kappa shape index (κ3) is 4.29. The highest BCUT2D eigenvalue weighted by Gasteiger charge is 2.14. The number of sulfone groups is 1. The quantitative estimate of drug-likeness (QED) is 0.692. The normalized spacial score (nSPS) is 11.4. The summed E-state index contributed by atoms with van der Waals surface area (Å²) in [5, 5.41) is 5.17. The summed E-state index contributed by atoms with van der Waals surface area (Å²) < 4.78 is 37.6. The number of hydrogen-bond acceptors (Lipinski definition) is 6. The molecule has 2 aromatic carbocycles. The zero-order valence-corrected chi connectivity index (χ0v) is 15.9. The number of thiazole rings is 1. The average molecular weight is 407 g/mol. The van der Waals surface area contributed by atoms with Gasteiger partial charge < -0.3 is 5.32 Å². The van der Waals surface area contributed by atoms with Gasteiger partial charge >= 0.3 is 0 Å². The predicted molar refractivity (Wildman–Crippen MR) is 101 cm³/mol. The molecular weight excluding hydrogens is 393 g/mol. The fourth-order valence-corrected chi connectivity index (χ4v) is 3.93. The van der Waals surface area contributed by atoms with Crippen LogP contribution in [0.3, 0.4) is 0 Å². The molecule has 0 radical (unpaired) electrons. The molecule has 0 aliphatic rings. The van der Waals surface area contributed by atoms with Gasteiger partial charge in [-0.15, -0.1) is 0 Å². The highest BCUT2D eigenvalue weighted by atomic mass is 32.2. The second-order valence-electron chi connectivity index (χ2n) is 5.75. The number of fused-ring (bicyclic) bond motifs is 1. The number of benzene rings is 2. The van der Waals surface area contributed by atoms with Gasteiger partial charge in [0.2, 0.25) is 5.91 Å². The fraction of sp³-hybridized carbons (Fsp3) is 0.118. The Morgan fingerprint density at radius 1 is 1.11 bits per heavy atom. The molecule has 3 rings (SSSR count). The Hall–Kier alpha value is -2.85. The van der Waals surface area contributed by atoms with Crippen molar-refractivity contribution >= 4 is 54.0 Å². The van der Waals surface area contributed by atoms with E-state index in [0.29, 0.717) is 10.2 Å². The molecule has 0 aliphatic carbocycles. The summed E-state index contributed by atoms with van der Waals surface area (Å²) in [6.45, 7) is 1.23. The minimum Gasteiger partial charge on any atom is -0.324 e. The number of halogens is 1. The van der Waals surface area contributed by atoms with Gasteiger partial charge in [-0.3, -0.25) is 14.9 Å². The minimum absolute atomic E-state index is 0.0998. The van der Waals surface area contributed by atoms with Crippen molar-refractivity contribution in [2.45, 2.75) is 11.8 Å². The minimum atomic E-state index is -3.35. The first-order chi connectivity index (χ1) is 12.6. The van der Waals surface area contributed by atoms with Gasteiger partial charge in [0, 0.05) is 18.7 Å². The maximum Gasteiger partial charge on any atom is 0.257 e. The molecule has 0 unspecified atom stereocenters. The van der Waals surface area contributed by atoms with Crippen LogP contribution in [0.1, 0.15) is 17.3 Å². The van der Waals surface area contributed by atoms with Crippen LogP contribution in [0.15, 0.2) is 41.3 Å². The number of amides is 2. The number of anilines is 2. The molecule has 7 nitrogen and oxygen atoms in total. The number of rotatable bonds is 4. The lowest BCUT2D eigenvalue weighted by Crippen LogP contribution is -2.13. The summed E-state index contributed by atoms with van der Waals surface area (Å²) in [7, 11) is -3.35. The summed E-state index contributed by atoms with van der Waals surface area (Å²) in [5.41, 5.74) is 0.578. The van der Waals surface area contributed by atoms with E-state index in [1.54, 1.807) is 6.07 Å². The molecule has 0 atom stereocenters. The molecule has 2 N–H and O–H groups in total. The lowest BCUT2D eigenvalue weighted by Gasteiger charge is -2.07. The largest absolute Gasteiger partial charge is 0.324 e. The monoisotopic (exact) mass is 407 g/mol. The van der Waals surface area contributed by atoms with E-state index in [1.807, 2.05) is 0 Å². The number of carbonyl (C=O) groups excluding carboxylic acids is 2. The average Bonchev–Trinajstić information content (AvgIpc) is 2.96. The Bertz CT molecular complexity index is 1170. The van der Waals surface area contributed by atoms with Gasteiger partial charge in [-0.2, -0.15) is 0 Å². The van der Waals surface area contributed by atoms with Gasteiger partial charge in [-0.1, -0.05) is 11.3 Å². The van der Waals surface area contributed by atoms with Crippen molar-refractivity contribution in [3.8, 4) is 0 Å². The first kappa shape index (κ1) is 18.9. The molecule has 10 heteroatoms. The van der Waals surface area contributed by atoms with Crippen LogP contribution in [0.5, 0.6) is 0 Å². The van der Waals surface area contributed by atoms with Crippen LogP contribution in [0.2, 0.25) is 0 Å². The molecule has 0 bridgehead atoms. The molecule has 0 saturated carbocycles. The van der Waals surface area contributed by atoms with Gasteiger partial charge in [-0.05, 0) is 36.4 Å². The standard InChI is InChI=1S/C17H14FN3O4S2/c1-9(22)19-14-7-10(3-5-12(14)18)16(23)21-17-20-13-6-4-11(27(2,24)25)8-15(13)26-17/h3-8H,1-2H3,(H,19,22)(H,20,21,23). The number of carbonyl (C=O) groups is 2. The van der Waals surface area contributed by atoms with Gasteiger partial charge in [0.1, 0.15) is 5.82 Å². The van der Waals surface area contributed by atoms with E-state index in [-0.39, 0.29) is 21.3 Å². The van der Waals surface area contributed by atoms with Crippen molar-refractivity contribution in [2.24, 2.45) is 0 Å². The van der Waals surface area contributed by atoms with E-state index in [4.69, 9.17) is 0 Å². The number of hydrogen-bond donors (Lipinski definition) is 2. The second kappa shape index (κ2) is 7.05. The Kier molecular flexibility index (Phi) is 4.94. The first-order valence-corrected chi connectivity index (χ1v) is 10.3. The van der Waals surface area contributed by atoms with Crippen LogP contribution in [0.4, 0.5) is 15.2 Å². The fourth-order valence-electron chi connectivity index (χ4n) is 2.31. The summed E-state index contributed by atoms with van der Waals surface area (Å²) >= 11 is 1.12. The Morgan fingerprint density at radius 2 is 1.85 bits per heavy atom. The number of nitrogens with zero attached hydrogens (tertiary/aromatic N) is 1. The first-order valence-electron chi connectivity index (χ1n) is 7.62. The molecule has 1 aromatic heterocycles. The van der Waals surface area contributed by atoms with Crippen molar-refractivity contribution in [1.82, 2.24) is 4.98 Å². The SMILES string of the molecule is CC(=O)Nc1cc(C(=O)Nc2nc3ccc(S(C)(=O)=O)cc3s2)ccc1F. The molecule has 140 valence electrons. The van der Waals surface area contributed by atoms with E-state index in [2.05, 4.69) is 15.6 Å². The molecule has 3 aromatic rings. The van der Waals surface area contributed by atoms with Gasteiger partial charge in [0.15, 0.2) is 15.0 Å². The van der Waals surface area contributed by atoms with Gasteiger partial charge in [-0.25, -0.2) is 17.8 Å². The van der Waals surface area contributed by atoms with E-state index >= 15 is 0 Å². The summed E-state index contributed by atoms with van der Waals surface area (Å²) in [5.74, 6) is -1.65. The molecule has 1 heterocycles. The molecule has 2 amide bonds. The van der Waals surface area contributed by atoms with Crippen molar-refractivity contribution in [1.29, 1.82) is 0 Å². The lowest BCUT2D eigenvalue weighted by atomic mass is 10.2. The second-order valence-corrected chi connectivity index (χ2v) is 8.80. The molecule has 0 spiro atoms. The van der Waals surface area contributed by atoms with Crippen molar-refractivity contribution in [3.05, 3.63) is 47.8 Å². The van der Waals surface area contributed by atoms with Gasteiger partial charge in [0.05, 0.1) is 20.8 Å². The van der Waals surface area contributed by atoms with E-state index in [0.717, 1.165) is 23.7 Å². The van der Waals surface area contributed by atoms with Crippen LogP contribution in [0, 0.1) is 5.82 Å². The Labute approximate surface area is 158 Å². The number of aromatic nitrogens is 1. The maximum absolute atomic E-state index is 13.7. The van der Waals surface area contributed by atoms with E-state index < -0.39 is 27.5 Å². The zero-order chi connectivity index (χ0) is 19.8. The highest BCUT2D eigenvalue weighted by Crippen LogP contribution is 2.28. The Morgan fingerprint density at radius 3 is 2.52 bits per heavy atom. The zero-order valence-electron chi connectivity index (χ0n) is 14.2. The molecule has 27 heavy (non-hydrogen) atoms. The molecule has 0 fully saturated rings. The van der Waals surface area contributed by atoms with Crippen LogP contribution in [-0.2, 0) is 14.6 Å². The molecular formula is C17H14FN3O4S2. The van der Waals surface area contributed by atoms with Crippen LogP contribution in [0.25, 0.3) is 10.2 Å². The van der Waals surface area contributed by atoms with Crippen LogP contribution < -0.4 is 10.6 Å². The molecule has 0 aliphatic heterocycles. The van der Waals surface area contributed by atoms with Crippen molar-refractivity contribution in [2.75, 3.05) is 16.9 Å². The summed E-state index contributed by atoms with van der Waals surface area (Å²) in [6, 6.07) is 8.08. The third-order valence-corrected chi connectivity index (χ3v) is 5.59. The maximum atomic E-state index is 13.7. The Balaban J connectivity index is 1.87. The smallest absolute Gasteiger partial charge is 0.257 e. The summed E-state index contributed by atoms with van der Waals surface area (Å²) in [4.78, 5) is 27.9. The number of nitrogens with one attached hydrogen (secondary N) is 2. The predicted octanol–water partition coefficient (Wildman–Crippen LogP) is 3.05. The molecule has 0 saturated heterocycles. The highest BCUT2D eigenvalue weighted by molar-refractivity contribution is 7.90. The topological polar surface area (TPSA) is 105 Å². The lowest BCUT2D eigenvalue weighted by molar-refractivity contribution is -0.114. The van der Waals surface area contributed by atoms with E-state index in [9.17, 15) is 22.4 Å². The van der Waals surface area contributed by atoms with Crippen molar-refractivity contribution < 1.29 is 22.4 Å². The van der Waals surface area contributed by atoms with Crippen molar-refractivity contribution in [3.63, 3.8) is 0 Å². The van der Waals surface area contributed by atoms with Crippen LogP contribution >= 0.6 is 11.3 Å². The van der Waals surface area contributed by atoms with E-state index in [1.165, 1.54) is 31.2 Å². The van der Waals surface area contributed by atoms with Gasteiger partial charge in [0.25, 0.3) is 5.91 Å².